The van der Waals surface area contributed by atoms with Crippen LogP contribution in [0.15, 0.2) is 24.3 Å². The number of nitrogens with one attached hydrogen (secondary N) is 2. The zero-order chi connectivity index (χ0) is 17.2. The third-order valence-corrected chi connectivity index (χ3v) is 3.19. The number of aryl methyl sites for hydroxylation is 1. The van der Waals surface area contributed by atoms with E-state index >= 15 is 0 Å². The van der Waals surface area contributed by atoms with Crippen molar-refractivity contribution in [2.45, 2.75) is 34.6 Å². The van der Waals surface area contributed by atoms with Gasteiger partial charge in [0, 0.05) is 5.56 Å². The molecule has 2 aromatic rings. The average Bonchev–Trinajstić information content (AvgIpc) is 2.96. The number of hydrogen-bond donors (Lipinski definition) is 2. The maximum atomic E-state index is 10.7. The van der Waals surface area contributed by atoms with Gasteiger partial charge in [0.25, 0.3) is 0 Å². The smallest absolute Gasteiger partial charge is 0.172 e. The summed E-state index contributed by atoms with van der Waals surface area (Å²) in [5.74, 6) is 1.56. The number of nitrogens with zero attached hydrogens (tertiary/aromatic N) is 2. The standard InChI is InChI=1S/C10H9N3O.C8H19N/c1-7-4-2-3-5-8(7)10-9(6-14)11-13-12-10;1-7(2)5-9-6-8(3)4/h2-6H,1H3,(H,11,12,13);7-9H,5-6H2,1-4H3. The Kier molecular flexibility index (Phi) is 8.19. The van der Waals surface area contributed by atoms with Crippen LogP contribution in [0, 0.1) is 18.8 Å². The largest absolute Gasteiger partial charge is 0.316 e. The third-order valence-electron chi connectivity index (χ3n) is 3.19. The summed E-state index contributed by atoms with van der Waals surface area (Å²) < 4.78 is 0. The lowest BCUT2D eigenvalue weighted by atomic mass is 10.1. The predicted octanol–water partition coefficient (Wildman–Crippen LogP) is 3.48. The molecule has 2 rings (SSSR count). The van der Waals surface area contributed by atoms with Crippen LogP contribution in [0.1, 0.15) is 43.7 Å². The van der Waals surface area contributed by atoms with Crippen LogP contribution in [0.2, 0.25) is 0 Å². The van der Waals surface area contributed by atoms with E-state index in [9.17, 15) is 4.79 Å². The van der Waals surface area contributed by atoms with E-state index in [1.807, 2.05) is 31.2 Å². The molecule has 0 radical (unpaired) electrons. The van der Waals surface area contributed by atoms with Crippen LogP contribution >= 0.6 is 0 Å². The summed E-state index contributed by atoms with van der Waals surface area (Å²) in [6.45, 7) is 13.2. The predicted molar refractivity (Wildman–Crippen MR) is 94.5 cm³/mol. The molecule has 2 N–H and O–H groups in total. The van der Waals surface area contributed by atoms with Crippen molar-refractivity contribution in [3.63, 3.8) is 0 Å². The second-order valence-corrected chi connectivity index (χ2v) is 6.44. The summed E-state index contributed by atoms with van der Waals surface area (Å²) >= 11 is 0. The highest BCUT2D eigenvalue weighted by Crippen LogP contribution is 2.21. The first-order valence-electron chi connectivity index (χ1n) is 8.08. The van der Waals surface area contributed by atoms with Gasteiger partial charge in [-0.1, -0.05) is 52.0 Å². The van der Waals surface area contributed by atoms with Gasteiger partial charge in [-0.15, -0.1) is 0 Å². The third kappa shape index (κ3) is 6.74. The lowest BCUT2D eigenvalue weighted by molar-refractivity contribution is 0.111. The summed E-state index contributed by atoms with van der Waals surface area (Å²) in [5.41, 5.74) is 2.96. The fraction of sp³-hybridized carbons (Fsp3) is 0.500. The van der Waals surface area contributed by atoms with Gasteiger partial charge in [-0.2, -0.15) is 15.4 Å². The van der Waals surface area contributed by atoms with Crippen molar-refractivity contribution in [3.8, 4) is 11.3 Å². The van der Waals surface area contributed by atoms with Crippen LogP contribution in [0.25, 0.3) is 11.3 Å². The van der Waals surface area contributed by atoms with Crippen LogP contribution in [0.4, 0.5) is 0 Å². The number of aromatic nitrogens is 3. The molecule has 23 heavy (non-hydrogen) atoms. The molecule has 126 valence electrons. The number of hydrogen-bond acceptors (Lipinski definition) is 4. The lowest BCUT2D eigenvalue weighted by Gasteiger charge is -2.08. The number of carbonyl (C=O) groups is 1. The Morgan fingerprint density at radius 2 is 1.70 bits per heavy atom. The van der Waals surface area contributed by atoms with Crippen LogP contribution in [-0.4, -0.2) is 34.8 Å². The number of aldehydes is 1. The summed E-state index contributed by atoms with van der Waals surface area (Å²) in [6.07, 6.45) is 0.700. The zero-order valence-corrected chi connectivity index (χ0v) is 14.8. The van der Waals surface area contributed by atoms with Crippen LogP contribution < -0.4 is 5.32 Å². The van der Waals surface area contributed by atoms with Crippen molar-refractivity contribution in [1.29, 1.82) is 0 Å². The maximum Gasteiger partial charge on any atom is 0.172 e. The van der Waals surface area contributed by atoms with E-state index < -0.39 is 0 Å². The molecule has 5 heteroatoms. The van der Waals surface area contributed by atoms with Crippen molar-refractivity contribution in [3.05, 3.63) is 35.5 Å². The molecule has 0 bridgehead atoms. The number of aromatic amines is 1. The number of rotatable bonds is 6. The Balaban J connectivity index is 0.000000257. The van der Waals surface area contributed by atoms with E-state index in [2.05, 4.69) is 48.4 Å². The number of H-pyrrole nitrogens is 1. The second-order valence-electron chi connectivity index (χ2n) is 6.44. The quantitative estimate of drug-likeness (QED) is 0.800. The normalized spacial score (nSPS) is 10.6. The zero-order valence-electron chi connectivity index (χ0n) is 14.8. The molecule has 0 unspecified atom stereocenters. The van der Waals surface area contributed by atoms with Gasteiger partial charge in [-0.05, 0) is 37.4 Å². The molecule has 0 aliphatic carbocycles. The topological polar surface area (TPSA) is 70.7 Å². The summed E-state index contributed by atoms with van der Waals surface area (Å²) in [7, 11) is 0. The van der Waals surface area contributed by atoms with E-state index in [-0.39, 0.29) is 0 Å². The monoisotopic (exact) mass is 316 g/mol. The van der Waals surface area contributed by atoms with Crippen molar-refractivity contribution < 1.29 is 4.79 Å². The summed E-state index contributed by atoms with van der Waals surface area (Å²) in [4.78, 5) is 10.7. The molecule has 0 aliphatic heterocycles. The van der Waals surface area contributed by atoms with Gasteiger partial charge in [-0.3, -0.25) is 4.79 Å². The number of carbonyl (C=O) groups excluding carboxylic acids is 1. The minimum Gasteiger partial charge on any atom is -0.316 e. The molecule has 0 spiro atoms. The minimum atomic E-state index is 0.347. The average molecular weight is 316 g/mol. The van der Waals surface area contributed by atoms with E-state index in [0.29, 0.717) is 17.7 Å². The van der Waals surface area contributed by atoms with Crippen molar-refractivity contribution >= 4 is 6.29 Å². The van der Waals surface area contributed by atoms with E-state index in [0.717, 1.165) is 36.1 Å². The molecule has 0 atom stereocenters. The fourth-order valence-electron chi connectivity index (χ4n) is 2.02. The summed E-state index contributed by atoms with van der Waals surface area (Å²) in [6, 6.07) is 7.74. The lowest BCUT2D eigenvalue weighted by Crippen LogP contribution is -2.23. The SMILES string of the molecule is CC(C)CNCC(C)C.Cc1ccccc1-c1n[nH]nc1C=O. The fourth-order valence-corrected chi connectivity index (χ4v) is 2.02. The molecular weight excluding hydrogens is 288 g/mol. The van der Waals surface area contributed by atoms with Crippen molar-refractivity contribution in [2.24, 2.45) is 11.8 Å². The molecule has 0 fully saturated rings. The maximum absolute atomic E-state index is 10.7. The molecular formula is C18H28N4O. The van der Waals surface area contributed by atoms with E-state index in [1.54, 1.807) is 0 Å². The molecule has 0 amide bonds. The van der Waals surface area contributed by atoms with Crippen LogP contribution in [0.5, 0.6) is 0 Å². The molecule has 0 saturated heterocycles. The molecule has 5 nitrogen and oxygen atoms in total. The van der Waals surface area contributed by atoms with Crippen molar-refractivity contribution in [1.82, 2.24) is 20.7 Å². The summed E-state index contributed by atoms with van der Waals surface area (Å²) in [5, 5.41) is 13.5. The van der Waals surface area contributed by atoms with Gasteiger partial charge in [0.2, 0.25) is 0 Å². The van der Waals surface area contributed by atoms with Crippen LogP contribution in [-0.2, 0) is 0 Å². The second kappa shape index (κ2) is 9.90. The van der Waals surface area contributed by atoms with Gasteiger partial charge in [0.1, 0.15) is 5.69 Å². The highest BCUT2D eigenvalue weighted by atomic mass is 16.1. The molecule has 1 heterocycles. The number of benzene rings is 1. The minimum absolute atomic E-state index is 0.347. The first-order chi connectivity index (χ1) is 11.0. The Morgan fingerprint density at radius 1 is 1.09 bits per heavy atom. The molecule has 1 aromatic carbocycles. The van der Waals surface area contributed by atoms with Gasteiger partial charge >= 0.3 is 0 Å². The first-order valence-corrected chi connectivity index (χ1v) is 8.08. The molecule has 0 saturated carbocycles. The Labute approximate surface area is 138 Å². The van der Waals surface area contributed by atoms with Gasteiger partial charge < -0.3 is 5.32 Å². The highest BCUT2D eigenvalue weighted by Gasteiger charge is 2.10. The van der Waals surface area contributed by atoms with E-state index in [4.69, 9.17) is 0 Å². The molecule has 1 aromatic heterocycles. The Morgan fingerprint density at radius 3 is 2.22 bits per heavy atom. The van der Waals surface area contributed by atoms with Gasteiger partial charge in [0.05, 0.1) is 0 Å². The Bertz CT molecular complexity index is 582. The Hall–Kier alpha value is -2.01. The highest BCUT2D eigenvalue weighted by molar-refractivity contribution is 5.83. The first kappa shape index (κ1) is 19.0. The van der Waals surface area contributed by atoms with E-state index in [1.165, 1.54) is 0 Å². The van der Waals surface area contributed by atoms with Crippen molar-refractivity contribution in [2.75, 3.05) is 13.1 Å². The van der Waals surface area contributed by atoms with Crippen LogP contribution in [0.3, 0.4) is 0 Å². The van der Waals surface area contributed by atoms with Gasteiger partial charge in [-0.25, -0.2) is 0 Å². The molecule has 0 aliphatic rings. The van der Waals surface area contributed by atoms with Gasteiger partial charge in [0.15, 0.2) is 12.0 Å².